The summed E-state index contributed by atoms with van der Waals surface area (Å²) in [5, 5.41) is 11.0. The van der Waals surface area contributed by atoms with Gasteiger partial charge in [-0.25, -0.2) is 15.0 Å². The number of hydrogen-bond acceptors (Lipinski definition) is 4. The van der Waals surface area contributed by atoms with E-state index < -0.39 is 29.0 Å². The topological polar surface area (TPSA) is 67.4 Å². The van der Waals surface area contributed by atoms with Gasteiger partial charge in [0, 0.05) is 27.5 Å². The molecule has 9 aromatic rings. The molecule has 0 N–H and O–H groups in total. The SMILES string of the molecule is N#Cc1ccc(-c2ccc3c(c2)c2ccccc2n3-c2cc(-c3ccc(C(F)(F)F)cc3C(F)(F)F)ccc2-c2nc(-c3ccccc3)nc(-c3ccccc3)n2)cc1. The Morgan fingerprint density at radius 3 is 1.63 bits per heavy atom. The van der Waals surface area contributed by atoms with E-state index in [0.717, 1.165) is 28.0 Å². The van der Waals surface area contributed by atoms with Crippen LogP contribution in [0.25, 0.3) is 83.9 Å². The average molecular weight is 788 g/mol. The van der Waals surface area contributed by atoms with Crippen LogP contribution < -0.4 is 0 Å². The molecule has 2 heterocycles. The maximum Gasteiger partial charge on any atom is 0.417 e. The van der Waals surface area contributed by atoms with Crippen LogP contribution in [0.3, 0.4) is 0 Å². The molecule has 0 aliphatic carbocycles. The summed E-state index contributed by atoms with van der Waals surface area (Å²) in [5.41, 5.74) is 2.70. The van der Waals surface area contributed by atoms with Crippen molar-refractivity contribution in [3.63, 3.8) is 0 Å². The van der Waals surface area contributed by atoms with Gasteiger partial charge in [0.2, 0.25) is 0 Å². The molecule has 0 bridgehead atoms. The molecule has 0 amide bonds. The summed E-state index contributed by atoms with van der Waals surface area (Å²) in [6.07, 6.45) is -10.1. The molecule has 59 heavy (non-hydrogen) atoms. The molecule has 286 valence electrons. The molecular formula is C48H27F6N5. The fourth-order valence-corrected chi connectivity index (χ4v) is 7.36. The molecule has 0 spiro atoms. The van der Waals surface area contributed by atoms with E-state index in [0.29, 0.717) is 56.7 Å². The van der Waals surface area contributed by atoms with E-state index in [-0.39, 0.29) is 17.5 Å². The van der Waals surface area contributed by atoms with E-state index in [2.05, 4.69) is 6.07 Å². The predicted molar refractivity (Wildman–Crippen MR) is 216 cm³/mol. The third-order valence-corrected chi connectivity index (χ3v) is 10.2. The Kier molecular flexibility index (Phi) is 9.05. The third kappa shape index (κ3) is 6.95. The van der Waals surface area contributed by atoms with Crippen molar-refractivity contribution >= 4 is 21.8 Å². The van der Waals surface area contributed by atoms with Crippen molar-refractivity contribution in [1.82, 2.24) is 19.5 Å². The fraction of sp³-hybridized carbons (Fsp3) is 0.0417. The van der Waals surface area contributed by atoms with Crippen molar-refractivity contribution < 1.29 is 26.3 Å². The van der Waals surface area contributed by atoms with Crippen LogP contribution in [-0.2, 0) is 12.4 Å². The van der Waals surface area contributed by atoms with E-state index in [1.165, 1.54) is 6.07 Å². The lowest BCUT2D eigenvalue weighted by molar-refractivity contribution is -0.142. The van der Waals surface area contributed by atoms with Gasteiger partial charge in [0.15, 0.2) is 17.5 Å². The van der Waals surface area contributed by atoms with Crippen LogP contribution in [0.4, 0.5) is 26.3 Å². The van der Waals surface area contributed by atoms with Gasteiger partial charge in [-0.15, -0.1) is 0 Å². The number of halogens is 6. The monoisotopic (exact) mass is 787 g/mol. The third-order valence-electron chi connectivity index (χ3n) is 10.2. The number of para-hydroxylation sites is 1. The quantitative estimate of drug-likeness (QED) is 0.157. The molecule has 7 aromatic carbocycles. The highest BCUT2D eigenvalue weighted by atomic mass is 19.4. The van der Waals surface area contributed by atoms with Crippen LogP contribution >= 0.6 is 0 Å². The molecule has 0 atom stereocenters. The van der Waals surface area contributed by atoms with Crippen molar-refractivity contribution in [2.24, 2.45) is 0 Å². The van der Waals surface area contributed by atoms with Crippen molar-refractivity contribution in [3.05, 3.63) is 180 Å². The second kappa shape index (κ2) is 14.4. The Hall–Kier alpha value is -7.58. The van der Waals surface area contributed by atoms with E-state index in [4.69, 9.17) is 15.0 Å². The number of benzene rings is 7. The molecule has 0 saturated carbocycles. The summed E-state index contributed by atoms with van der Waals surface area (Å²) >= 11 is 0. The molecule has 0 radical (unpaired) electrons. The summed E-state index contributed by atoms with van der Waals surface area (Å²) < 4.78 is 87.1. The average Bonchev–Trinajstić information content (AvgIpc) is 3.59. The van der Waals surface area contributed by atoms with E-state index >= 15 is 0 Å². The van der Waals surface area contributed by atoms with Crippen molar-refractivity contribution in [2.45, 2.75) is 12.4 Å². The lowest BCUT2D eigenvalue weighted by Crippen LogP contribution is -2.12. The summed E-state index contributed by atoms with van der Waals surface area (Å²) in [5.74, 6) is 0.949. The number of nitriles is 1. The van der Waals surface area contributed by atoms with Crippen LogP contribution in [0.2, 0.25) is 0 Å². The van der Waals surface area contributed by atoms with Gasteiger partial charge in [0.25, 0.3) is 0 Å². The van der Waals surface area contributed by atoms with Gasteiger partial charge in [0.1, 0.15) is 0 Å². The molecule has 5 nitrogen and oxygen atoms in total. The summed E-state index contributed by atoms with van der Waals surface area (Å²) in [4.78, 5) is 14.7. The van der Waals surface area contributed by atoms with Crippen LogP contribution in [0.15, 0.2) is 164 Å². The number of nitrogens with zero attached hydrogens (tertiary/aromatic N) is 5. The van der Waals surface area contributed by atoms with Crippen LogP contribution in [-0.4, -0.2) is 19.5 Å². The normalized spacial score (nSPS) is 11.9. The van der Waals surface area contributed by atoms with Gasteiger partial charge in [0.05, 0.1) is 39.5 Å². The van der Waals surface area contributed by atoms with Crippen molar-refractivity contribution in [3.8, 4) is 68.2 Å². The second-order valence-corrected chi connectivity index (χ2v) is 13.8. The molecule has 0 aliphatic rings. The molecule has 11 heteroatoms. The molecular weight excluding hydrogens is 761 g/mol. The molecule has 0 saturated heterocycles. The maximum absolute atomic E-state index is 14.7. The first-order chi connectivity index (χ1) is 28.5. The van der Waals surface area contributed by atoms with E-state index in [9.17, 15) is 31.6 Å². The van der Waals surface area contributed by atoms with Crippen LogP contribution in [0.1, 0.15) is 16.7 Å². The lowest BCUT2D eigenvalue weighted by atomic mass is 9.95. The zero-order valence-electron chi connectivity index (χ0n) is 30.6. The summed E-state index contributed by atoms with van der Waals surface area (Å²) in [6, 6.07) is 47.6. The largest absolute Gasteiger partial charge is 0.417 e. The standard InChI is InChI=1S/C48H27F6N5/c49-47(50,51)35-21-23-36(40(27-35)48(52,53)54)34-19-22-38(46-57-44(31-9-3-1-4-10-31)56-45(58-46)32-11-5-2-6-12-32)43(26-34)59-41-14-8-7-13-37(41)39-25-33(20-24-42(39)59)30-17-15-29(28-55)16-18-30/h1-27H. The Morgan fingerprint density at radius 2 is 1.00 bits per heavy atom. The summed E-state index contributed by atoms with van der Waals surface area (Å²) in [7, 11) is 0. The second-order valence-electron chi connectivity index (χ2n) is 13.8. The smallest absolute Gasteiger partial charge is 0.308 e. The maximum atomic E-state index is 14.7. The summed E-state index contributed by atoms with van der Waals surface area (Å²) in [6.45, 7) is 0. The Bertz CT molecular complexity index is 3020. The van der Waals surface area contributed by atoms with E-state index in [1.54, 1.807) is 24.3 Å². The Labute approximate surface area is 333 Å². The highest BCUT2D eigenvalue weighted by Crippen LogP contribution is 2.44. The van der Waals surface area contributed by atoms with Gasteiger partial charge in [-0.2, -0.15) is 31.6 Å². The van der Waals surface area contributed by atoms with E-state index in [1.807, 2.05) is 120 Å². The van der Waals surface area contributed by atoms with Crippen LogP contribution in [0.5, 0.6) is 0 Å². The first kappa shape index (κ1) is 37.0. The van der Waals surface area contributed by atoms with Gasteiger partial charge < -0.3 is 4.57 Å². The number of aromatic nitrogens is 4. The number of hydrogen-bond donors (Lipinski definition) is 0. The highest BCUT2D eigenvalue weighted by Gasteiger charge is 2.38. The molecule has 0 unspecified atom stereocenters. The molecule has 0 fully saturated rings. The Balaban J connectivity index is 1.35. The first-order valence-electron chi connectivity index (χ1n) is 18.3. The number of fused-ring (bicyclic) bond motifs is 3. The lowest BCUT2D eigenvalue weighted by Gasteiger charge is -2.19. The fourth-order valence-electron chi connectivity index (χ4n) is 7.36. The van der Waals surface area contributed by atoms with Crippen molar-refractivity contribution in [2.75, 3.05) is 0 Å². The minimum Gasteiger partial charge on any atom is -0.308 e. The molecule has 2 aromatic heterocycles. The zero-order chi connectivity index (χ0) is 40.9. The van der Waals surface area contributed by atoms with Gasteiger partial charge in [-0.05, 0) is 76.9 Å². The van der Waals surface area contributed by atoms with Gasteiger partial charge >= 0.3 is 12.4 Å². The van der Waals surface area contributed by atoms with Gasteiger partial charge in [-0.1, -0.05) is 109 Å². The number of alkyl halides is 6. The minimum atomic E-state index is -5.10. The zero-order valence-corrected chi connectivity index (χ0v) is 30.6. The molecule has 0 aliphatic heterocycles. The number of rotatable bonds is 6. The first-order valence-corrected chi connectivity index (χ1v) is 18.3. The molecule has 9 rings (SSSR count). The Morgan fingerprint density at radius 1 is 0.441 bits per heavy atom. The van der Waals surface area contributed by atoms with Gasteiger partial charge in [-0.3, -0.25) is 0 Å². The minimum absolute atomic E-state index is 0.0329. The predicted octanol–water partition coefficient (Wildman–Crippen LogP) is 13.2. The van der Waals surface area contributed by atoms with Crippen molar-refractivity contribution in [1.29, 1.82) is 5.26 Å². The van der Waals surface area contributed by atoms with Crippen LogP contribution in [0, 0.1) is 11.3 Å². The highest BCUT2D eigenvalue weighted by molar-refractivity contribution is 6.11.